The molecule has 18 heavy (non-hydrogen) atoms. The summed E-state index contributed by atoms with van der Waals surface area (Å²) in [6.45, 7) is 0. The quantitative estimate of drug-likeness (QED) is 0.698. The molecule has 0 aliphatic heterocycles. The molecular formula is C14H12BrN3. The molecule has 3 aromatic rings. The molecule has 0 fully saturated rings. The minimum Gasteiger partial charge on any atom is -0.397 e. The molecule has 0 saturated carbocycles. The maximum Gasteiger partial charge on any atom is 0.140 e. The second-order valence-corrected chi connectivity index (χ2v) is 5.13. The van der Waals surface area contributed by atoms with Crippen LogP contribution in [-0.4, -0.2) is 9.55 Å². The van der Waals surface area contributed by atoms with E-state index in [1.807, 2.05) is 49.5 Å². The first-order valence-corrected chi connectivity index (χ1v) is 6.43. The summed E-state index contributed by atoms with van der Waals surface area (Å²) in [5.74, 6) is 0.926. The number of anilines is 1. The molecule has 90 valence electrons. The van der Waals surface area contributed by atoms with Crippen LogP contribution in [0.1, 0.15) is 0 Å². The highest BCUT2D eigenvalue weighted by atomic mass is 79.9. The topological polar surface area (TPSA) is 43.8 Å². The summed E-state index contributed by atoms with van der Waals surface area (Å²) in [6, 6.07) is 14.0. The third-order valence-electron chi connectivity index (χ3n) is 3.05. The van der Waals surface area contributed by atoms with Gasteiger partial charge in [-0.05, 0) is 24.3 Å². The fourth-order valence-electron chi connectivity index (χ4n) is 2.09. The van der Waals surface area contributed by atoms with Crippen LogP contribution >= 0.6 is 15.9 Å². The van der Waals surface area contributed by atoms with Crippen molar-refractivity contribution < 1.29 is 0 Å². The summed E-state index contributed by atoms with van der Waals surface area (Å²) in [7, 11) is 2.01. The predicted molar refractivity (Wildman–Crippen MR) is 78.3 cm³/mol. The van der Waals surface area contributed by atoms with Crippen LogP contribution in [0.4, 0.5) is 5.69 Å². The fourth-order valence-corrected chi connectivity index (χ4v) is 2.36. The lowest BCUT2D eigenvalue weighted by atomic mass is 10.2. The van der Waals surface area contributed by atoms with E-state index in [4.69, 9.17) is 5.73 Å². The van der Waals surface area contributed by atoms with Crippen molar-refractivity contribution in [2.45, 2.75) is 0 Å². The summed E-state index contributed by atoms with van der Waals surface area (Å²) in [5.41, 5.74) is 9.66. The Morgan fingerprint density at radius 2 is 1.83 bits per heavy atom. The van der Waals surface area contributed by atoms with Crippen LogP contribution in [0.15, 0.2) is 46.9 Å². The number of nitrogen functional groups attached to an aromatic ring is 1. The number of nitrogens with two attached hydrogens (primary N) is 1. The first-order valence-electron chi connectivity index (χ1n) is 5.63. The normalized spacial score (nSPS) is 11.0. The summed E-state index contributed by atoms with van der Waals surface area (Å²) in [6.07, 6.45) is 0. The van der Waals surface area contributed by atoms with Crippen LogP contribution in [0.2, 0.25) is 0 Å². The molecule has 0 bridgehead atoms. The Morgan fingerprint density at radius 3 is 2.50 bits per heavy atom. The average Bonchev–Trinajstić information content (AvgIpc) is 2.70. The smallest absolute Gasteiger partial charge is 0.140 e. The van der Waals surface area contributed by atoms with E-state index in [1.54, 1.807) is 0 Å². The molecule has 0 spiro atoms. The number of aryl methyl sites for hydroxylation is 1. The molecule has 1 heterocycles. The van der Waals surface area contributed by atoms with Gasteiger partial charge in [0.15, 0.2) is 0 Å². The van der Waals surface area contributed by atoms with Gasteiger partial charge in [0.05, 0.1) is 11.2 Å². The number of hydrogen-bond acceptors (Lipinski definition) is 2. The zero-order valence-corrected chi connectivity index (χ0v) is 11.5. The van der Waals surface area contributed by atoms with Crippen molar-refractivity contribution in [1.82, 2.24) is 9.55 Å². The SMILES string of the molecule is Cn1c(-c2ccc(Br)cc2)nc2c(N)cccc21. The highest BCUT2D eigenvalue weighted by molar-refractivity contribution is 9.10. The second-order valence-electron chi connectivity index (χ2n) is 4.22. The van der Waals surface area contributed by atoms with Gasteiger partial charge < -0.3 is 10.3 Å². The molecular weight excluding hydrogens is 290 g/mol. The van der Waals surface area contributed by atoms with Gasteiger partial charge >= 0.3 is 0 Å². The van der Waals surface area contributed by atoms with Crippen molar-refractivity contribution in [2.75, 3.05) is 5.73 Å². The largest absolute Gasteiger partial charge is 0.397 e. The Labute approximate surface area is 113 Å². The van der Waals surface area contributed by atoms with E-state index >= 15 is 0 Å². The van der Waals surface area contributed by atoms with Gasteiger partial charge in [-0.25, -0.2) is 4.98 Å². The van der Waals surface area contributed by atoms with Crippen molar-refractivity contribution in [3.63, 3.8) is 0 Å². The van der Waals surface area contributed by atoms with E-state index in [2.05, 4.69) is 25.5 Å². The Hall–Kier alpha value is -1.81. The van der Waals surface area contributed by atoms with E-state index < -0.39 is 0 Å². The summed E-state index contributed by atoms with van der Waals surface area (Å²) in [5, 5.41) is 0. The average molecular weight is 302 g/mol. The maximum absolute atomic E-state index is 5.96. The molecule has 3 nitrogen and oxygen atoms in total. The molecule has 2 N–H and O–H groups in total. The van der Waals surface area contributed by atoms with Gasteiger partial charge in [0, 0.05) is 17.1 Å². The number of imidazole rings is 1. The van der Waals surface area contributed by atoms with Crippen LogP contribution in [0, 0.1) is 0 Å². The Morgan fingerprint density at radius 1 is 1.11 bits per heavy atom. The zero-order chi connectivity index (χ0) is 12.7. The van der Waals surface area contributed by atoms with Crippen LogP contribution in [-0.2, 0) is 7.05 Å². The van der Waals surface area contributed by atoms with Gasteiger partial charge in [-0.1, -0.05) is 34.1 Å². The van der Waals surface area contributed by atoms with Crippen LogP contribution in [0.5, 0.6) is 0 Å². The minimum absolute atomic E-state index is 0.714. The monoisotopic (exact) mass is 301 g/mol. The van der Waals surface area contributed by atoms with Crippen LogP contribution < -0.4 is 5.73 Å². The zero-order valence-electron chi connectivity index (χ0n) is 9.89. The number of hydrogen-bond donors (Lipinski definition) is 1. The standard InChI is InChI=1S/C14H12BrN3/c1-18-12-4-2-3-11(16)13(12)17-14(18)9-5-7-10(15)8-6-9/h2-8H,16H2,1H3. The first-order chi connectivity index (χ1) is 8.66. The van der Waals surface area contributed by atoms with Crippen LogP contribution in [0.25, 0.3) is 22.4 Å². The lowest BCUT2D eigenvalue weighted by Crippen LogP contribution is -1.92. The third kappa shape index (κ3) is 1.69. The van der Waals surface area contributed by atoms with E-state index in [9.17, 15) is 0 Å². The van der Waals surface area contributed by atoms with E-state index in [0.717, 1.165) is 26.9 Å². The number of aromatic nitrogens is 2. The van der Waals surface area contributed by atoms with Gasteiger partial charge in [0.25, 0.3) is 0 Å². The van der Waals surface area contributed by atoms with E-state index in [-0.39, 0.29) is 0 Å². The van der Waals surface area contributed by atoms with Gasteiger partial charge in [-0.3, -0.25) is 0 Å². The third-order valence-corrected chi connectivity index (χ3v) is 3.57. The van der Waals surface area contributed by atoms with Crippen molar-refractivity contribution >= 4 is 32.7 Å². The number of rotatable bonds is 1. The molecule has 1 aromatic heterocycles. The number of fused-ring (bicyclic) bond motifs is 1. The molecule has 0 atom stereocenters. The molecule has 2 aromatic carbocycles. The molecule has 0 aliphatic carbocycles. The summed E-state index contributed by atoms with van der Waals surface area (Å²) >= 11 is 3.44. The van der Waals surface area contributed by atoms with E-state index in [0.29, 0.717) is 5.69 Å². The fraction of sp³-hybridized carbons (Fsp3) is 0.0714. The molecule has 0 radical (unpaired) electrons. The van der Waals surface area contributed by atoms with Crippen molar-refractivity contribution in [3.8, 4) is 11.4 Å². The van der Waals surface area contributed by atoms with Crippen LogP contribution in [0.3, 0.4) is 0 Å². The van der Waals surface area contributed by atoms with Gasteiger partial charge in [0.1, 0.15) is 11.3 Å². The Balaban J connectivity index is 2.27. The highest BCUT2D eigenvalue weighted by Crippen LogP contribution is 2.27. The Kier molecular flexibility index (Phi) is 2.59. The van der Waals surface area contributed by atoms with Gasteiger partial charge in [-0.15, -0.1) is 0 Å². The number of benzene rings is 2. The molecule has 0 saturated heterocycles. The summed E-state index contributed by atoms with van der Waals surface area (Å²) < 4.78 is 3.12. The lowest BCUT2D eigenvalue weighted by molar-refractivity contribution is 0.959. The van der Waals surface area contributed by atoms with Gasteiger partial charge in [0.2, 0.25) is 0 Å². The number of halogens is 1. The Bertz CT molecular complexity index is 714. The van der Waals surface area contributed by atoms with Gasteiger partial charge in [-0.2, -0.15) is 0 Å². The van der Waals surface area contributed by atoms with Crippen molar-refractivity contribution in [2.24, 2.45) is 7.05 Å². The molecule has 0 unspecified atom stereocenters. The van der Waals surface area contributed by atoms with Crippen molar-refractivity contribution in [3.05, 3.63) is 46.9 Å². The van der Waals surface area contributed by atoms with Crippen molar-refractivity contribution in [1.29, 1.82) is 0 Å². The predicted octanol–water partition coefficient (Wildman–Crippen LogP) is 3.59. The molecule has 4 heteroatoms. The molecule has 0 amide bonds. The van der Waals surface area contributed by atoms with E-state index in [1.165, 1.54) is 0 Å². The molecule has 3 rings (SSSR count). The lowest BCUT2D eigenvalue weighted by Gasteiger charge is -2.02. The summed E-state index contributed by atoms with van der Waals surface area (Å²) in [4.78, 5) is 4.63. The minimum atomic E-state index is 0.714. The maximum atomic E-state index is 5.96. The number of para-hydroxylation sites is 1. The molecule has 0 aliphatic rings. The highest BCUT2D eigenvalue weighted by Gasteiger charge is 2.11. The first kappa shape index (κ1) is 11.3. The second kappa shape index (κ2) is 4.14. The number of nitrogens with zero attached hydrogens (tertiary/aromatic N) is 2.